The first-order valence-corrected chi connectivity index (χ1v) is 5.02. The molecule has 0 unspecified atom stereocenters. The molecule has 15 heavy (non-hydrogen) atoms. The van der Waals surface area contributed by atoms with E-state index in [0.29, 0.717) is 6.42 Å². The van der Waals surface area contributed by atoms with Gasteiger partial charge in [-0.1, -0.05) is 0 Å². The van der Waals surface area contributed by atoms with E-state index in [0.717, 1.165) is 0 Å². The van der Waals surface area contributed by atoms with Gasteiger partial charge in [-0.15, -0.1) is 0 Å². The van der Waals surface area contributed by atoms with Gasteiger partial charge in [0.2, 0.25) is 17.4 Å². The van der Waals surface area contributed by atoms with Crippen LogP contribution in [0.3, 0.4) is 0 Å². The van der Waals surface area contributed by atoms with Crippen molar-refractivity contribution in [2.45, 2.75) is 57.6 Å². The van der Waals surface area contributed by atoms with Crippen LogP contribution in [-0.2, 0) is 19.0 Å². The van der Waals surface area contributed by atoms with Crippen molar-refractivity contribution < 1.29 is 24.1 Å². The molecule has 0 aromatic rings. The van der Waals surface area contributed by atoms with Gasteiger partial charge in [-0.3, -0.25) is 4.79 Å². The molecule has 0 spiro atoms. The van der Waals surface area contributed by atoms with E-state index in [1.165, 1.54) is 13.8 Å². The summed E-state index contributed by atoms with van der Waals surface area (Å²) in [5, 5.41) is 10.2. The number of carbonyl (C=O) groups is 1. The Kier molecular flexibility index (Phi) is 2.05. The minimum Gasteiger partial charge on any atom is -0.361 e. The third kappa shape index (κ3) is 1.34. The number of rotatable bonds is 1. The molecular formula is C10H16O5. The summed E-state index contributed by atoms with van der Waals surface area (Å²) in [6, 6.07) is 0. The highest BCUT2D eigenvalue weighted by atomic mass is 16.9. The molecule has 0 aromatic heterocycles. The van der Waals surface area contributed by atoms with Crippen LogP contribution in [0, 0.1) is 0 Å². The molecule has 2 saturated heterocycles. The molecule has 0 aromatic carbocycles. The van der Waals surface area contributed by atoms with Crippen LogP contribution in [0.25, 0.3) is 0 Å². The van der Waals surface area contributed by atoms with Crippen LogP contribution in [0.15, 0.2) is 0 Å². The highest BCUT2D eigenvalue weighted by Gasteiger charge is 2.69. The lowest BCUT2D eigenvalue weighted by Gasteiger charge is -2.26. The van der Waals surface area contributed by atoms with Crippen molar-refractivity contribution in [1.82, 2.24) is 0 Å². The number of carbonyl (C=O) groups excluding carboxylic acids is 1. The van der Waals surface area contributed by atoms with Crippen LogP contribution in [0.5, 0.6) is 0 Å². The average Bonchev–Trinajstić information content (AvgIpc) is 2.29. The number of ketones is 1. The van der Waals surface area contributed by atoms with Crippen LogP contribution >= 0.6 is 0 Å². The molecule has 86 valence electrons. The van der Waals surface area contributed by atoms with Crippen LogP contribution in [0.2, 0.25) is 0 Å². The molecule has 5 heteroatoms. The molecular weight excluding hydrogens is 200 g/mol. The fraction of sp³-hybridized carbons (Fsp3) is 0.900. The molecule has 2 aliphatic heterocycles. The molecule has 4 atom stereocenters. The number of ether oxygens (including phenoxy) is 3. The van der Waals surface area contributed by atoms with E-state index in [1.807, 2.05) is 6.92 Å². The third-order valence-electron chi connectivity index (χ3n) is 3.09. The van der Waals surface area contributed by atoms with Gasteiger partial charge in [-0.25, -0.2) is 0 Å². The van der Waals surface area contributed by atoms with E-state index in [9.17, 15) is 9.90 Å². The lowest BCUT2D eigenvalue weighted by Crippen LogP contribution is -2.45. The quantitative estimate of drug-likeness (QED) is 0.693. The number of aliphatic hydroxyl groups is 1. The zero-order chi connectivity index (χ0) is 11.5. The molecule has 2 aliphatic rings. The standard InChI is InChI=1S/C10H16O5/c1-6-5-10(12)9(4,13-6)14-8(3,15-10)7(2)11/h6,12H,5H2,1-4H3/t6-,8-,9-,10+/m0/s1. The number of Topliss-reactive ketones (excluding diaryl/α,β-unsaturated/α-hetero) is 1. The predicted molar refractivity (Wildman–Crippen MR) is 49.8 cm³/mol. The van der Waals surface area contributed by atoms with E-state index in [-0.39, 0.29) is 11.9 Å². The van der Waals surface area contributed by atoms with Gasteiger partial charge < -0.3 is 19.3 Å². The molecule has 1 N–H and O–H groups in total. The molecule has 0 amide bonds. The Morgan fingerprint density at radius 1 is 1.40 bits per heavy atom. The van der Waals surface area contributed by atoms with Crippen LogP contribution < -0.4 is 0 Å². The normalized spacial score (nSPS) is 54.3. The highest BCUT2D eigenvalue weighted by Crippen LogP contribution is 2.51. The maximum Gasteiger partial charge on any atom is 0.231 e. The van der Waals surface area contributed by atoms with Gasteiger partial charge in [0.1, 0.15) is 0 Å². The minimum absolute atomic E-state index is 0.156. The third-order valence-corrected chi connectivity index (χ3v) is 3.09. The van der Waals surface area contributed by atoms with E-state index in [1.54, 1.807) is 6.92 Å². The van der Waals surface area contributed by atoms with Crippen LogP contribution in [0.4, 0.5) is 0 Å². The molecule has 5 nitrogen and oxygen atoms in total. The molecule has 0 aliphatic carbocycles. The lowest BCUT2D eigenvalue weighted by atomic mass is 10.1. The van der Waals surface area contributed by atoms with Gasteiger partial charge in [0.05, 0.1) is 6.10 Å². The SMILES string of the molecule is CC(=O)[C@@]1(C)O[C@]2(C)O[C@@H](C)C[C@@]2(O)O1. The lowest BCUT2D eigenvalue weighted by molar-refractivity contribution is -0.260. The first kappa shape index (κ1) is 11.0. The molecule has 2 fully saturated rings. The molecule has 0 bridgehead atoms. The van der Waals surface area contributed by atoms with E-state index in [2.05, 4.69) is 0 Å². The first-order chi connectivity index (χ1) is 6.71. The van der Waals surface area contributed by atoms with Crippen molar-refractivity contribution in [1.29, 1.82) is 0 Å². The maximum absolute atomic E-state index is 11.3. The Hall–Kier alpha value is -0.490. The number of hydrogen-bond donors (Lipinski definition) is 1. The topological polar surface area (TPSA) is 65.0 Å². The molecule has 2 rings (SSSR count). The second-order valence-corrected chi connectivity index (χ2v) is 4.57. The predicted octanol–water partition coefficient (Wildman–Crippen LogP) is 0.552. The summed E-state index contributed by atoms with van der Waals surface area (Å²) in [6.07, 6.45) is 0.142. The first-order valence-electron chi connectivity index (χ1n) is 5.02. The molecule has 2 heterocycles. The van der Waals surface area contributed by atoms with Gasteiger partial charge in [-0.05, 0) is 20.8 Å². The number of hydrogen-bond acceptors (Lipinski definition) is 5. The Morgan fingerprint density at radius 3 is 2.47 bits per heavy atom. The molecule has 0 radical (unpaired) electrons. The summed E-state index contributed by atoms with van der Waals surface area (Å²) in [4.78, 5) is 11.3. The summed E-state index contributed by atoms with van der Waals surface area (Å²) in [5.74, 6) is -4.49. The van der Waals surface area contributed by atoms with Crippen molar-refractivity contribution >= 4 is 5.78 Å². The smallest absolute Gasteiger partial charge is 0.231 e. The van der Waals surface area contributed by atoms with Crippen LogP contribution in [-0.4, -0.2) is 34.4 Å². The fourth-order valence-corrected chi connectivity index (χ4v) is 2.19. The van der Waals surface area contributed by atoms with Crippen molar-refractivity contribution in [2.75, 3.05) is 0 Å². The van der Waals surface area contributed by atoms with Crippen molar-refractivity contribution in [3.63, 3.8) is 0 Å². The minimum atomic E-state index is -1.53. The van der Waals surface area contributed by atoms with Crippen LogP contribution in [0.1, 0.15) is 34.1 Å². The van der Waals surface area contributed by atoms with E-state index in [4.69, 9.17) is 14.2 Å². The highest BCUT2D eigenvalue weighted by molar-refractivity contribution is 5.83. The zero-order valence-electron chi connectivity index (χ0n) is 9.36. The number of fused-ring (bicyclic) bond motifs is 1. The van der Waals surface area contributed by atoms with Gasteiger partial charge in [-0.2, -0.15) is 0 Å². The van der Waals surface area contributed by atoms with Gasteiger partial charge in [0, 0.05) is 13.3 Å². The average molecular weight is 216 g/mol. The zero-order valence-corrected chi connectivity index (χ0v) is 9.36. The largest absolute Gasteiger partial charge is 0.361 e. The Labute approximate surface area is 88.3 Å². The summed E-state index contributed by atoms with van der Waals surface area (Å²) in [6.45, 7) is 6.26. The summed E-state index contributed by atoms with van der Waals surface area (Å²) in [5.41, 5.74) is 0. The van der Waals surface area contributed by atoms with Gasteiger partial charge >= 0.3 is 0 Å². The van der Waals surface area contributed by atoms with Gasteiger partial charge in [0.15, 0.2) is 5.78 Å². The Morgan fingerprint density at radius 2 is 2.00 bits per heavy atom. The Balaban J connectivity index is 2.32. The van der Waals surface area contributed by atoms with E-state index >= 15 is 0 Å². The monoisotopic (exact) mass is 216 g/mol. The summed E-state index contributed by atoms with van der Waals surface area (Å²) in [7, 11) is 0. The fourth-order valence-electron chi connectivity index (χ4n) is 2.19. The van der Waals surface area contributed by atoms with E-state index < -0.39 is 17.4 Å². The van der Waals surface area contributed by atoms with Gasteiger partial charge in [0.25, 0.3) is 0 Å². The summed E-state index contributed by atoms with van der Waals surface area (Å²) < 4.78 is 16.3. The summed E-state index contributed by atoms with van der Waals surface area (Å²) >= 11 is 0. The van der Waals surface area contributed by atoms with Crippen molar-refractivity contribution in [3.8, 4) is 0 Å². The second-order valence-electron chi connectivity index (χ2n) is 4.57. The van der Waals surface area contributed by atoms with Crippen molar-refractivity contribution in [2.24, 2.45) is 0 Å². The Bertz CT molecular complexity index is 295. The second kappa shape index (κ2) is 2.79. The van der Waals surface area contributed by atoms with Crippen molar-refractivity contribution in [3.05, 3.63) is 0 Å². The molecule has 0 saturated carbocycles. The maximum atomic E-state index is 11.3.